The van der Waals surface area contributed by atoms with E-state index in [0.717, 1.165) is 16.0 Å². The van der Waals surface area contributed by atoms with E-state index in [2.05, 4.69) is 5.10 Å². The minimum absolute atomic E-state index is 0.174. The van der Waals surface area contributed by atoms with Crippen LogP contribution in [0.3, 0.4) is 0 Å². The molecule has 10 heteroatoms. The van der Waals surface area contributed by atoms with Gasteiger partial charge in [0.05, 0.1) is 39.9 Å². The van der Waals surface area contributed by atoms with Crippen LogP contribution >= 0.6 is 23.1 Å². The van der Waals surface area contributed by atoms with E-state index in [9.17, 15) is 14.4 Å². The maximum atomic E-state index is 14.2. The Morgan fingerprint density at radius 1 is 1.00 bits per heavy atom. The van der Waals surface area contributed by atoms with Gasteiger partial charge in [0.25, 0.3) is 11.5 Å². The summed E-state index contributed by atoms with van der Waals surface area (Å²) in [6, 6.07) is 25.6. The van der Waals surface area contributed by atoms with Crippen LogP contribution in [0.1, 0.15) is 31.0 Å². The molecule has 3 aromatic carbocycles. The number of thiazole rings is 1. The Bertz CT molecular complexity index is 1950. The Hall–Kier alpha value is -4.54. The summed E-state index contributed by atoms with van der Waals surface area (Å²) in [6.45, 7) is 3.70. The molecule has 0 bridgehead atoms. The van der Waals surface area contributed by atoms with Crippen molar-refractivity contribution >= 4 is 58.1 Å². The molecule has 1 amide bonds. The first kappa shape index (κ1) is 28.6. The van der Waals surface area contributed by atoms with Crippen molar-refractivity contribution in [3.05, 3.63) is 121 Å². The zero-order valence-electron chi connectivity index (χ0n) is 23.8. The van der Waals surface area contributed by atoms with Gasteiger partial charge in [0.2, 0.25) is 0 Å². The molecule has 216 valence electrons. The summed E-state index contributed by atoms with van der Waals surface area (Å²) in [6.07, 6.45) is 3.65. The fraction of sp³-hybridized carbons (Fsp3) is 0.182. The average Bonchev–Trinajstić information content (AvgIpc) is 3.51. The van der Waals surface area contributed by atoms with E-state index >= 15 is 0 Å². The van der Waals surface area contributed by atoms with Gasteiger partial charge in [-0.1, -0.05) is 72.0 Å². The van der Waals surface area contributed by atoms with E-state index in [-0.39, 0.29) is 23.6 Å². The fourth-order valence-corrected chi connectivity index (χ4v) is 6.65. The minimum Gasteiger partial charge on any atom is -0.463 e. The molecule has 2 atom stereocenters. The lowest BCUT2D eigenvalue weighted by atomic mass is 9.93. The van der Waals surface area contributed by atoms with Gasteiger partial charge in [-0.15, -0.1) is 11.8 Å². The van der Waals surface area contributed by atoms with E-state index < -0.39 is 17.9 Å². The quantitative estimate of drug-likeness (QED) is 0.225. The predicted molar refractivity (Wildman–Crippen MR) is 171 cm³/mol. The molecule has 0 aliphatic carbocycles. The van der Waals surface area contributed by atoms with Crippen LogP contribution in [0, 0.1) is 5.92 Å². The third kappa shape index (κ3) is 5.28. The maximum Gasteiger partial charge on any atom is 0.338 e. The highest BCUT2D eigenvalue weighted by Crippen LogP contribution is 2.35. The molecule has 2 aliphatic heterocycles. The number of nitrogens with zero attached hydrogens (tertiary/aromatic N) is 4. The number of hydrogen-bond acceptors (Lipinski definition) is 8. The summed E-state index contributed by atoms with van der Waals surface area (Å²) < 4.78 is 7.43. The summed E-state index contributed by atoms with van der Waals surface area (Å²) >= 11 is 2.80. The third-order valence-corrected chi connectivity index (χ3v) is 9.05. The molecule has 6 rings (SSSR count). The molecule has 3 heterocycles. The normalized spacial score (nSPS) is 18.4. The van der Waals surface area contributed by atoms with Gasteiger partial charge in [0.1, 0.15) is 5.92 Å². The number of ether oxygens (including phenoxy) is 1. The zero-order valence-corrected chi connectivity index (χ0v) is 25.4. The first-order chi connectivity index (χ1) is 20.9. The number of hydrogen-bond donors (Lipinski definition) is 0. The number of thioether (sulfide) groups is 1. The SMILES string of the molecule is CCOC(=O)C1=C(c2ccccc2)N=c2s/c(=C/[C@H]3C(=O)N(c4ccccc4)N=C3C)c(=O)n2[C@H]1c1ccc(SC)cc1. The molecule has 0 spiro atoms. The van der Waals surface area contributed by atoms with Gasteiger partial charge >= 0.3 is 5.97 Å². The second kappa shape index (κ2) is 12.0. The van der Waals surface area contributed by atoms with Gasteiger partial charge in [-0.2, -0.15) is 10.1 Å². The van der Waals surface area contributed by atoms with Crippen molar-refractivity contribution in [2.45, 2.75) is 24.8 Å². The Labute approximate surface area is 256 Å². The second-order valence-electron chi connectivity index (χ2n) is 9.93. The highest BCUT2D eigenvalue weighted by Gasteiger charge is 2.36. The van der Waals surface area contributed by atoms with E-state index in [0.29, 0.717) is 26.4 Å². The molecule has 0 saturated carbocycles. The van der Waals surface area contributed by atoms with Gasteiger partial charge < -0.3 is 4.74 Å². The lowest BCUT2D eigenvalue weighted by molar-refractivity contribution is -0.138. The lowest BCUT2D eigenvalue weighted by Gasteiger charge is -2.26. The number of rotatable bonds is 7. The molecule has 4 aromatic rings. The van der Waals surface area contributed by atoms with E-state index in [1.54, 1.807) is 36.3 Å². The van der Waals surface area contributed by atoms with Crippen LogP contribution in [-0.2, 0) is 14.3 Å². The predicted octanol–water partition coefficient (Wildman–Crippen LogP) is 4.65. The van der Waals surface area contributed by atoms with Crippen molar-refractivity contribution in [3.8, 4) is 0 Å². The second-order valence-corrected chi connectivity index (χ2v) is 11.8. The van der Waals surface area contributed by atoms with Crippen LogP contribution < -0.4 is 19.9 Å². The zero-order chi connectivity index (χ0) is 30.1. The summed E-state index contributed by atoms with van der Waals surface area (Å²) in [5.74, 6) is -1.49. The van der Waals surface area contributed by atoms with Gasteiger partial charge in [-0.05, 0) is 56.0 Å². The largest absolute Gasteiger partial charge is 0.463 e. The lowest BCUT2D eigenvalue weighted by Crippen LogP contribution is -2.40. The first-order valence-corrected chi connectivity index (χ1v) is 15.8. The fourth-order valence-electron chi connectivity index (χ4n) is 5.23. The first-order valence-electron chi connectivity index (χ1n) is 13.8. The van der Waals surface area contributed by atoms with Crippen molar-refractivity contribution in [1.82, 2.24) is 4.57 Å². The molecule has 0 N–H and O–H groups in total. The van der Waals surface area contributed by atoms with E-state index in [1.807, 2.05) is 91.2 Å². The van der Waals surface area contributed by atoms with Crippen molar-refractivity contribution in [2.24, 2.45) is 16.0 Å². The van der Waals surface area contributed by atoms with Gasteiger partial charge in [-0.25, -0.2) is 9.79 Å². The van der Waals surface area contributed by atoms with Gasteiger partial charge in [-0.3, -0.25) is 14.2 Å². The van der Waals surface area contributed by atoms with Crippen LogP contribution in [0.25, 0.3) is 11.8 Å². The molecule has 2 aliphatic rings. The monoisotopic (exact) mass is 608 g/mol. The minimum atomic E-state index is -0.779. The van der Waals surface area contributed by atoms with Gasteiger partial charge in [0, 0.05) is 10.5 Å². The van der Waals surface area contributed by atoms with Crippen LogP contribution in [0.2, 0.25) is 0 Å². The number of anilines is 1. The summed E-state index contributed by atoms with van der Waals surface area (Å²) in [4.78, 5) is 47.6. The van der Waals surface area contributed by atoms with Crippen LogP contribution in [0.5, 0.6) is 0 Å². The highest BCUT2D eigenvalue weighted by atomic mass is 32.2. The molecule has 0 radical (unpaired) electrons. The summed E-state index contributed by atoms with van der Waals surface area (Å²) in [5, 5.41) is 5.86. The Morgan fingerprint density at radius 3 is 2.33 bits per heavy atom. The maximum absolute atomic E-state index is 14.2. The number of fused-ring (bicyclic) bond motifs is 1. The highest BCUT2D eigenvalue weighted by molar-refractivity contribution is 7.98. The average molecular weight is 609 g/mol. The molecule has 8 nitrogen and oxygen atoms in total. The van der Waals surface area contributed by atoms with Crippen molar-refractivity contribution < 1.29 is 14.3 Å². The van der Waals surface area contributed by atoms with Crippen molar-refractivity contribution in [3.63, 3.8) is 0 Å². The van der Waals surface area contributed by atoms with Crippen LogP contribution in [0.4, 0.5) is 5.69 Å². The number of para-hydroxylation sites is 1. The standard InChI is InChI=1S/C33H28N4O4S2/c1-4-41-32(40)27-28(21-11-7-5-8-12-21)34-33-36(29(27)22-15-17-24(42-3)18-16-22)31(39)26(43-33)19-25-20(2)35-37(30(25)38)23-13-9-6-10-14-23/h5-19,25,29H,4H2,1-3H3/b26-19+/t25-,29+/m1/s1. The van der Waals surface area contributed by atoms with Crippen LogP contribution in [0.15, 0.2) is 110 Å². The number of carbonyl (C=O) groups is 2. The number of esters is 1. The molecule has 0 fully saturated rings. The van der Waals surface area contributed by atoms with E-state index in [1.165, 1.54) is 16.3 Å². The molecular formula is C33H28N4O4S2. The van der Waals surface area contributed by atoms with Gasteiger partial charge in [0.15, 0.2) is 4.80 Å². The Balaban J connectivity index is 1.55. The Morgan fingerprint density at radius 2 is 1.67 bits per heavy atom. The Kier molecular flexibility index (Phi) is 7.96. The smallest absolute Gasteiger partial charge is 0.338 e. The summed E-state index contributed by atoms with van der Waals surface area (Å²) in [7, 11) is 0. The van der Waals surface area contributed by atoms with Crippen LogP contribution in [-0.4, -0.2) is 35.0 Å². The van der Waals surface area contributed by atoms with Crippen molar-refractivity contribution in [1.29, 1.82) is 0 Å². The molecule has 0 saturated heterocycles. The number of aromatic nitrogens is 1. The molecule has 1 aromatic heterocycles. The number of hydrazone groups is 1. The molecular weight excluding hydrogens is 581 g/mol. The topological polar surface area (TPSA) is 93.3 Å². The van der Waals surface area contributed by atoms with E-state index in [4.69, 9.17) is 9.73 Å². The third-order valence-electron chi connectivity index (χ3n) is 7.31. The number of amides is 1. The number of benzene rings is 3. The summed E-state index contributed by atoms with van der Waals surface area (Å²) in [5.41, 5.74) is 3.13. The van der Waals surface area contributed by atoms with Crippen molar-refractivity contribution in [2.75, 3.05) is 17.9 Å². The number of carbonyl (C=O) groups excluding carboxylic acids is 2. The molecule has 43 heavy (non-hydrogen) atoms. The molecule has 0 unspecified atom stereocenters.